The van der Waals surface area contributed by atoms with Crippen LogP contribution in [0, 0.1) is 0 Å². The average molecular weight is 279 g/mol. The maximum absolute atomic E-state index is 12.6. The predicted molar refractivity (Wildman–Crippen MR) is 67.7 cm³/mol. The van der Waals surface area contributed by atoms with Crippen molar-refractivity contribution in [1.82, 2.24) is 5.32 Å². The lowest BCUT2D eigenvalue weighted by atomic mass is 10.1. The molecule has 0 aliphatic carbocycles. The molecule has 1 aromatic carbocycles. The smallest absolute Gasteiger partial charge is 0.396 e. The van der Waals surface area contributed by atoms with E-state index in [4.69, 9.17) is 5.11 Å². The van der Waals surface area contributed by atoms with Crippen molar-refractivity contribution >= 4 is 11.8 Å². The fourth-order valence-corrected chi connectivity index (χ4v) is 2.43. The maximum Gasteiger partial charge on any atom is 0.416 e. The lowest BCUT2D eigenvalue weighted by molar-refractivity contribution is -0.137. The Hall–Kier alpha value is -0.720. The molecule has 6 heteroatoms. The molecule has 2 nitrogen and oxygen atoms in total. The van der Waals surface area contributed by atoms with Crippen LogP contribution in [-0.4, -0.2) is 30.3 Å². The molecule has 0 aliphatic rings. The van der Waals surface area contributed by atoms with Crippen molar-refractivity contribution < 1.29 is 18.3 Å². The molecule has 1 atom stereocenters. The van der Waals surface area contributed by atoms with Crippen LogP contribution in [-0.2, 0) is 6.18 Å². The third kappa shape index (κ3) is 4.51. The Morgan fingerprint density at radius 1 is 1.39 bits per heavy atom. The summed E-state index contributed by atoms with van der Waals surface area (Å²) >= 11 is 1.50. The molecule has 0 amide bonds. The van der Waals surface area contributed by atoms with E-state index in [-0.39, 0.29) is 12.6 Å². The number of rotatable bonds is 6. The quantitative estimate of drug-likeness (QED) is 0.785. The summed E-state index contributed by atoms with van der Waals surface area (Å²) in [5.41, 5.74) is -0.0230. The van der Waals surface area contributed by atoms with E-state index in [2.05, 4.69) is 5.32 Å². The van der Waals surface area contributed by atoms with Gasteiger partial charge in [0.1, 0.15) is 0 Å². The summed E-state index contributed by atoms with van der Waals surface area (Å²) in [5, 5.41) is 11.7. The maximum atomic E-state index is 12.6. The molecule has 0 heterocycles. The number of nitrogens with one attached hydrogen (secondary N) is 1. The van der Waals surface area contributed by atoms with Crippen molar-refractivity contribution in [2.75, 3.05) is 25.2 Å². The van der Waals surface area contributed by atoms with Gasteiger partial charge in [-0.1, -0.05) is 12.1 Å². The highest BCUT2D eigenvalue weighted by atomic mass is 32.2. The molecular weight excluding hydrogens is 263 g/mol. The molecule has 1 aromatic rings. The second-order valence-corrected chi connectivity index (χ2v) is 4.91. The van der Waals surface area contributed by atoms with Crippen LogP contribution in [0.4, 0.5) is 13.2 Å². The largest absolute Gasteiger partial charge is 0.416 e. The molecule has 1 unspecified atom stereocenters. The van der Waals surface area contributed by atoms with E-state index in [1.807, 2.05) is 0 Å². The fourth-order valence-electron chi connectivity index (χ4n) is 1.54. The minimum absolute atomic E-state index is 0.0731. The van der Waals surface area contributed by atoms with E-state index >= 15 is 0 Å². The van der Waals surface area contributed by atoms with Gasteiger partial charge in [0, 0.05) is 17.5 Å². The van der Waals surface area contributed by atoms with Crippen LogP contribution >= 0.6 is 11.8 Å². The van der Waals surface area contributed by atoms with Gasteiger partial charge in [0.2, 0.25) is 0 Å². The first-order valence-corrected chi connectivity index (χ1v) is 6.67. The average Bonchev–Trinajstić information content (AvgIpc) is 2.34. The minimum Gasteiger partial charge on any atom is -0.396 e. The lowest BCUT2D eigenvalue weighted by Crippen LogP contribution is -2.20. The monoisotopic (exact) mass is 279 g/mol. The van der Waals surface area contributed by atoms with E-state index in [1.165, 1.54) is 23.9 Å². The Morgan fingerprint density at radius 2 is 2.11 bits per heavy atom. The Kier molecular flexibility index (Phi) is 5.98. The van der Waals surface area contributed by atoms with E-state index < -0.39 is 11.7 Å². The zero-order valence-corrected chi connectivity index (χ0v) is 10.8. The second-order valence-electron chi connectivity index (χ2n) is 3.76. The second kappa shape index (κ2) is 7.01. The zero-order chi connectivity index (χ0) is 13.6. The van der Waals surface area contributed by atoms with E-state index in [0.29, 0.717) is 17.1 Å². The number of hydrogen-bond donors (Lipinski definition) is 2. The summed E-state index contributed by atoms with van der Waals surface area (Å²) in [5.74, 6) is 1.20. The number of aliphatic hydroxyl groups is 1. The highest BCUT2D eigenvalue weighted by molar-refractivity contribution is 7.99. The van der Waals surface area contributed by atoms with E-state index in [9.17, 15) is 13.2 Å². The molecule has 0 radical (unpaired) electrons. The minimum atomic E-state index is -4.31. The van der Waals surface area contributed by atoms with Crippen molar-refractivity contribution in [3.05, 3.63) is 35.4 Å². The molecule has 0 aromatic heterocycles. The topological polar surface area (TPSA) is 32.3 Å². The summed E-state index contributed by atoms with van der Waals surface area (Å²) in [4.78, 5) is 0. The Bertz CT molecular complexity index is 371. The first-order valence-electron chi connectivity index (χ1n) is 5.52. The molecular formula is C12H16F3NOS. The molecule has 2 N–H and O–H groups in total. The van der Waals surface area contributed by atoms with Crippen molar-refractivity contribution in [1.29, 1.82) is 0 Å². The highest BCUT2D eigenvalue weighted by Crippen LogP contribution is 2.31. The summed E-state index contributed by atoms with van der Waals surface area (Å²) in [6.07, 6.45) is -4.31. The Labute approximate surface area is 109 Å². The van der Waals surface area contributed by atoms with Crippen LogP contribution in [0.15, 0.2) is 24.3 Å². The molecule has 0 saturated carbocycles. The van der Waals surface area contributed by atoms with E-state index in [0.717, 1.165) is 6.07 Å². The normalized spacial score (nSPS) is 13.6. The summed E-state index contributed by atoms with van der Waals surface area (Å²) < 4.78 is 37.7. The number of halogens is 3. The SMILES string of the molecule is CNC(CSCCO)c1cccc(C(F)(F)F)c1. The lowest BCUT2D eigenvalue weighted by Gasteiger charge is -2.17. The fraction of sp³-hybridized carbons (Fsp3) is 0.500. The van der Waals surface area contributed by atoms with Crippen molar-refractivity contribution in [3.8, 4) is 0 Å². The Balaban J connectivity index is 2.79. The van der Waals surface area contributed by atoms with Crippen LogP contribution in [0.2, 0.25) is 0 Å². The summed E-state index contributed by atoms with van der Waals surface area (Å²) in [6, 6.07) is 5.18. The first kappa shape index (κ1) is 15.3. The van der Waals surface area contributed by atoms with Crippen LogP contribution in [0.3, 0.4) is 0 Å². The molecule has 0 spiro atoms. The van der Waals surface area contributed by atoms with Gasteiger partial charge in [-0.25, -0.2) is 0 Å². The van der Waals surface area contributed by atoms with Crippen LogP contribution in [0.25, 0.3) is 0 Å². The molecule has 18 heavy (non-hydrogen) atoms. The van der Waals surface area contributed by atoms with Gasteiger partial charge >= 0.3 is 6.18 Å². The molecule has 0 fully saturated rings. The first-order chi connectivity index (χ1) is 8.49. The summed E-state index contributed by atoms with van der Waals surface area (Å²) in [7, 11) is 1.71. The van der Waals surface area contributed by atoms with Gasteiger partial charge in [0.15, 0.2) is 0 Å². The predicted octanol–water partition coefficient (Wildman–Crippen LogP) is 2.69. The number of aliphatic hydroxyl groups excluding tert-OH is 1. The number of alkyl halides is 3. The van der Waals surface area contributed by atoms with Gasteiger partial charge in [-0.2, -0.15) is 24.9 Å². The molecule has 0 aliphatic heterocycles. The van der Waals surface area contributed by atoms with Gasteiger partial charge in [0.05, 0.1) is 12.2 Å². The summed E-state index contributed by atoms with van der Waals surface area (Å²) in [6.45, 7) is 0.0731. The highest BCUT2D eigenvalue weighted by Gasteiger charge is 2.30. The standard InChI is InChI=1S/C12H16F3NOS/c1-16-11(8-18-6-5-17)9-3-2-4-10(7-9)12(13,14)15/h2-4,7,11,16-17H,5-6,8H2,1H3. The van der Waals surface area contributed by atoms with Crippen molar-refractivity contribution in [2.24, 2.45) is 0 Å². The number of thioether (sulfide) groups is 1. The molecule has 0 bridgehead atoms. The molecule has 1 rings (SSSR count). The Morgan fingerprint density at radius 3 is 2.67 bits per heavy atom. The van der Waals surface area contributed by atoms with Gasteiger partial charge in [-0.05, 0) is 24.7 Å². The van der Waals surface area contributed by atoms with Crippen molar-refractivity contribution in [3.63, 3.8) is 0 Å². The van der Waals surface area contributed by atoms with Crippen LogP contribution in [0.1, 0.15) is 17.2 Å². The molecule has 0 saturated heterocycles. The van der Waals surface area contributed by atoms with Crippen LogP contribution in [0.5, 0.6) is 0 Å². The van der Waals surface area contributed by atoms with Crippen molar-refractivity contribution in [2.45, 2.75) is 12.2 Å². The number of benzene rings is 1. The molecule has 102 valence electrons. The third-order valence-corrected chi connectivity index (χ3v) is 3.53. The third-order valence-electron chi connectivity index (χ3n) is 2.48. The zero-order valence-electron chi connectivity index (χ0n) is 10.00. The van der Waals surface area contributed by atoms with Gasteiger partial charge in [0.25, 0.3) is 0 Å². The number of hydrogen-bond acceptors (Lipinski definition) is 3. The van der Waals surface area contributed by atoms with Gasteiger partial charge < -0.3 is 10.4 Å². The van der Waals surface area contributed by atoms with Gasteiger partial charge in [-0.3, -0.25) is 0 Å². The van der Waals surface area contributed by atoms with E-state index in [1.54, 1.807) is 13.1 Å². The van der Waals surface area contributed by atoms with Gasteiger partial charge in [-0.15, -0.1) is 0 Å². The van der Waals surface area contributed by atoms with Crippen LogP contribution < -0.4 is 5.32 Å².